The normalized spacial score (nSPS) is 30.8. The van der Waals surface area contributed by atoms with Crippen LogP contribution in [0.25, 0.3) is 0 Å². The lowest BCUT2D eigenvalue weighted by Crippen LogP contribution is -2.46. The molecule has 1 aliphatic heterocycles. The van der Waals surface area contributed by atoms with Crippen LogP contribution >= 0.6 is 0 Å². The van der Waals surface area contributed by atoms with Gasteiger partial charge in [0.25, 0.3) is 0 Å². The van der Waals surface area contributed by atoms with Crippen LogP contribution in [0.15, 0.2) is 0 Å². The Labute approximate surface area is 101 Å². The Morgan fingerprint density at radius 2 is 1.88 bits per heavy atom. The maximum Gasteiger partial charge on any atom is 0.411 e. The zero-order chi connectivity index (χ0) is 12.8. The molecule has 2 unspecified atom stereocenters. The highest BCUT2D eigenvalue weighted by Gasteiger charge is 2.57. The molecule has 0 bridgehead atoms. The lowest BCUT2D eigenvalue weighted by atomic mass is 10.2. The summed E-state index contributed by atoms with van der Waals surface area (Å²) in [4.78, 5) is 25.2. The fourth-order valence-corrected chi connectivity index (χ4v) is 2.38. The summed E-state index contributed by atoms with van der Waals surface area (Å²) in [6.45, 7) is 5.45. The number of carbonyl (C=O) groups excluding carboxylic acids is 2. The van der Waals surface area contributed by atoms with Crippen LogP contribution in [0.4, 0.5) is 4.79 Å². The third-order valence-electron chi connectivity index (χ3n) is 3.18. The van der Waals surface area contributed by atoms with Gasteiger partial charge >= 0.3 is 12.1 Å². The molecule has 0 radical (unpaired) electrons. The van der Waals surface area contributed by atoms with Crippen molar-refractivity contribution in [2.45, 2.75) is 51.3 Å². The summed E-state index contributed by atoms with van der Waals surface area (Å²) in [5.41, 5.74) is -0.537. The molecular weight excluding hydrogens is 222 g/mol. The second kappa shape index (κ2) is 3.89. The van der Waals surface area contributed by atoms with Crippen molar-refractivity contribution >= 4 is 12.1 Å². The van der Waals surface area contributed by atoms with Crippen LogP contribution in [-0.4, -0.2) is 41.8 Å². The summed E-state index contributed by atoms with van der Waals surface area (Å²) in [6, 6.07) is -0.285. The van der Waals surface area contributed by atoms with Crippen molar-refractivity contribution in [2.24, 2.45) is 5.92 Å². The standard InChI is InChI=1S/C12H19NO4/c1-12(2,3)17-11(15)13-8-5-7(8)6-9(13)10(14)16-4/h7-9H,5-6H2,1-4H3/t7?,8?,9-/m0/s1. The van der Waals surface area contributed by atoms with Crippen LogP contribution < -0.4 is 0 Å². The highest BCUT2D eigenvalue weighted by atomic mass is 16.6. The van der Waals surface area contributed by atoms with Gasteiger partial charge < -0.3 is 9.47 Å². The number of amides is 1. The monoisotopic (exact) mass is 241 g/mol. The van der Waals surface area contributed by atoms with Crippen LogP contribution in [0.3, 0.4) is 0 Å². The zero-order valence-corrected chi connectivity index (χ0v) is 10.7. The molecule has 3 atom stereocenters. The summed E-state index contributed by atoms with van der Waals surface area (Å²) in [5.74, 6) is 0.106. The lowest BCUT2D eigenvalue weighted by molar-refractivity contribution is -0.146. The molecule has 1 heterocycles. The largest absolute Gasteiger partial charge is 0.467 e. The molecule has 1 amide bonds. The molecule has 0 N–H and O–H groups in total. The Morgan fingerprint density at radius 3 is 2.41 bits per heavy atom. The number of hydrogen-bond acceptors (Lipinski definition) is 4. The van der Waals surface area contributed by atoms with Crippen molar-refractivity contribution in [1.82, 2.24) is 4.90 Å². The minimum absolute atomic E-state index is 0.175. The quantitative estimate of drug-likeness (QED) is 0.654. The van der Waals surface area contributed by atoms with E-state index in [1.165, 1.54) is 7.11 Å². The molecule has 0 aromatic rings. The Balaban J connectivity index is 2.07. The minimum atomic E-state index is -0.537. The van der Waals surface area contributed by atoms with Crippen LogP contribution in [0.5, 0.6) is 0 Å². The Hall–Kier alpha value is -1.26. The second-order valence-electron chi connectivity index (χ2n) is 5.73. The van der Waals surface area contributed by atoms with E-state index in [1.54, 1.807) is 4.90 Å². The highest BCUT2D eigenvalue weighted by Crippen LogP contribution is 2.48. The smallest absolute Gasteiger partial charge is 0.411 e. The molecule has 17 heavy (non-hydrogen) atoms. The first kappa shape index (κ1) is 12.2. The van der Waals surface area contributed by atoms with E-state index >= 15 is 0 Å². The Bertz CT molecular complexity index is 347. The average Bonchev–Trinajstić information content (AvgIpc) is 2.85. The number of hydrogen-bond donors (Lipinski definition) is 0. The van der Waals surface area contributed by atoms with E-state index < -0.39 is 17.7 Å². The predicted molar refractivity (Wildman–Crippen MR) is 60.4 cm³/mol. The van der Waals surface area contributed by atoms with Gasteiger partial charge in [0.15, 0.2) is 0 Å². The SMILES string of the molecule is COC(=O)[C@@H]1CC2CC2N1C(=O)OC(C)(C)C. The van der Waals surface area contributed by atoms with Crippen LogP contribution in [-0.2, 0) is 14.3 Å². The van der Waals surface area contributed by atoms with Crippen LogP contribution in [0, 0.1) is 5.92 Å². The van der Waals surface area contributed by atoms with E-state index in [-0.39, 0.29) is 12.0 Å². The first-order chi connectivity index (χ1) is 7.83. The number of nitrogens with zero attached hydrogens (tertiary/aromatic N) is 1. The molecule has 2 rings (SSSR count). The van der Waals surface area contributed by atoms with Gasteiger partial charge in [0.1, 0.15) is 11.6 Å². The maximum absolute atomic E-state index is 12.0. The van der Waals surface area contributed by atoms with Crippen molar-refractivity contribution in [2.75, 3.05) is 7.11 Å². The summed E-state index contributed by atoms with van der Waals surface area (Å²) in [5, 5.41) is 0. The Morgan fingerprint density at radius 1 is 1.24 bits per heavy atom. The van der Waals surface area contributed by atoms with E-state index in [4.69, 9.17) is 9.47 Å². The van der Waals surface area contributed by atoms with Gasteiger partial charge in [-0.1, -0.05) is 0 Å². The molecule has 2 aliphatic rings. The van der Waals surface area contributed by atoms with Gasteiger partial charge in [-0.05, 0) is 39.5 Å². The first-order valence-electron chi connectivity index (χ1n) is 5.92. The zero-order valence-electron chi connectivity index (χ0n) is 10.7. The number of methoxy groups -OCH3 is 1. The van der Waals surface area contributed by atoms with Crippen LogP contribution in [0.1, 0.15) is 33.6 Å². The van der Waals surface area contributed by atoms with Gasteiger partial charge in [-0.2, -0.15) is 0 Å². The van der Waals surface area contributed by atoms with Crippen molar-refractivity contribution in [3.63, 3.8) is 0 Å². The molecule has 1 aliphatic carbocycles. The third-order valence-corrected chi connectivity index (χ3v) is 3.18. The molecule has 1 saturated carbocycles. The lowest BCUT2D eigenvalue weighted by Gasteiger charge is -2.29. The van der Waals surface area contributed by atoms with Gasteiger partial charge in [0, 0.05) is 6.04 Å². The molecule has 5 heteroatoms. The van der Waals surface area contributed by atoms with E-state index in [9.17, 15) is 9.59 Å². The van der Waals surface area contributed by atoms with E-state index in [1.807, 2.05) is 20.8 Å². The van der Waals surface area contributed by atoms with Gasteiger partial charge in [0.2, 0.25) is 0 Å². The summed E-state index contributed by atoms with van der Waals surface area (Å²) in [6.07, 6.45) is 1.28. The second-order valence-corrected chi connectivity index (χ2v) is 5.73. The minimum Gasteiger partial charge on any atom is -0.467 e. The average molecular weight is 241 g/mol. The molecule has 0 aromatic carbocycles. The molecule has 5 nitrogen and oxygen atoms in total. The molecule has 96 valence electrons. The predicted octanol–water partition coefficient (Wildman–Crippen LogP) is 1.56. The topological polar surface area (TPSA) is 55.8 Å². The summed E-state index contributed by atoms with van der Waals surface area (Å²) >= 11 is 0. The number of piperidine rings is 1. The fraction of sp³-hybridized carbons (Fsp3) is 0.833. The van der Waals surface area contributed by atoms with Gasteiger partial charge in [-0.3, -0.25) is 4.90 Å². The van der Waals surface area contributed by atoms with Gasteiger partial charge in [-0.15, -0.1) is 0 Å². The molecule has 0 spiro atoms. The molecule has 1 saturated heterocycles. The number of likely N-dealkylation sites (tertiary alicyclic amines) is 1. The van der Waals surface area contributed by atoms with Gasteiger partial charge in [-0.25, -0.2) is 9.59 Å². The highest BCUT2D eigenvalue weighted by molar-refractivity contribution is 5.83. The van der Waals surface area contributed by atoms with E-state index in [2.05, 4.69) is 0 Å². The van der Waals surface area contributed by atoms with Crippen molar-refractivity contribution in [3.8, 4) is 0 Å². The number of esters is 1. The summed E-state index contributed by atoms with van der Waals surface area (Å²) < 4.78 is 10.0. The van der Waals surface area contributed by atoms with Gasteiger partial charge in [0.05, 0.1) is 7.11 Å². The summed E-state index contributed by atoms with van der Waals surface area (Å²) in [7, 11) is 1.35. The Kier molecular flexibility index (Phi) is 2.79. The van der Waals surface area contributed by atoms with E-state index in [0.717, 1.165) is 6.42 Å². The number of carbonyl (C=O) groups is 2. The number of ether oxygens (including phenoxy) is 2. The molecular formula is C12H19NO4. The van der Waals surface area contributed by atoms with Crippen molar-refractivity contribution in [1.29, 1.82) is 0 Å². The molecule has 0 aromatic heterocycles. The maximum atomic E-state index is 12.0. The number of fused-ring (bicyclic) bond motifs is 1. The van der Waals surface area contributed by atoms with Crippen LogP contribution in [0.2, 0.25) is 0 Å². The van der Waals surface area contributed by atoms with Crippen molar-refractivity contribution < 1.29 is 19.1 Å². The third kappa shape index (κ3) is 2.37. The molecule has 2 fully saturated rings. The number of rotatable bonds is 1. The first-order valence-corrected chi connectivity index (χ1v) is 5.92. The van der Waals surface area contributed by atoms with E-state index in [0.29, 0.717) is 12.3 Å². The van der Waals surface area contributed by atoms with Crippen molar-refractivity contribution in [3.05, 3.63) is 0 Å². The fourth-order valence-electron chi connectivity index (χ4n) is 2.38.